The highest BCUT2D eigenvalue weighted by atomic mass is 79.9. The fraction of sp³-hybridized carbons (Fsp3) is 0.333. The van der Waals surface area contributed by atoms with Crippen molar-refractivity contribution < 1.29 is 18.3 Å². The first-order valence-electron chi connectivity index (χ1n) is 4.04. The van der Waals surface area contributed by atoms with Gasteiger partial charge < -0.3 is 4.74 Å². The molecule has 0 bridgehead atoms. The monoisotopic (exact) mass is 279 g/mol. The molecule has 0 fully saturated rings. The van der Waals surface area contributed by atoms with Crippen molar-refractivity contribution in [1.82, 2.24) is 4.98 Å². The largest absolute Gasteiger partial charge is 0.469 e. The number of methoxy groups -OCH3 is 1. The lowest BCUT2D eigenvalue weighted by molar-refractivity contribution is -0.139. The van der Waals surface area contributed by atoms with E-state index in [-0.39, 0.29) is 17.5 Å². The number of nitrogens with zero attached hydrogens (tertiary/aromatic N) is 1. The SMILES string of the molecule is COC(=O)Cc1cc(Br)ncc1C(F)F. The van der Waals surface area contributed by atoms with E-state index in [0.717, 1.165) is 6.20 Å². The zero-order valence-corrected chi connectivity index (χ0v) is 9.42. The minimum Gasteiger partial charge on any atom is -0.469 e. The Morgan fingerprint density at radius 3 is 2.87 bits per heavy atom. The van der Waals surface area contributed by atoms with Crippen LogP contribution in [0.25, 0.3) is 0 Å². The summed E-state index contributed by atoms with van der Waals surface area (Å²) in [6.07, 6.45) is -1.78. The van der Waals surface area contributed by atoms with E-state index in [1.54, 1.807) is 0 Å². The summed E-state index contributed by atoms with van der Waals surface area (Å²) >= 11 is 3.05. The van der Waals surface area contributed by atoms with E-state index >= 15 is 0 Å². The molecule has 0 N–H and O–H groups in total. The van der Waals surface area contributed by atoms with Crippen LogP contribution >= 0.6 is 15.9 Å². The Bertz CT molecular complexity index is 371. The number of alkyl halides is 2. The Hall–Kier alpha value is -1.04. The predicted molar refractivity (Wildman–Crippen MR) is 52.6 cm³/mol. The number of esters is 1. The van der Waals surface area contributed by atoms with Gasteiger partial charge in [-0.25, -0.2) is 13.8 Å². The summed E-state index contributed by atoms with van der Waals surface area (Å²) in [6, 6.07) is 1.39. The minimum absolute atomic E-state index is 0.183. The van der Waals surface area contributed by atoms with Crippen LogP contribution < -0.4 is 0 Å². The second-order valence-corrected chi connectivity index (χ2v) is 3.57. The van der Waals surface area contributed by atoms with Crippen molar-refractivity contribution in [1.29, 1.82) is 0 Å². The average Bonchev–Trinajstić information content (AvgIpc) is 2.17. The molecule has 0 aliphatic heterocycles. The second kappa shape index (κ2) is 5.16. The first-order valence-corrected chi connectivity index (χ1v) is 4.83. The molecule has 0 aliphatic rings. The quantitative estimate of drug-likeness (QED) is 0.630. The van der Waals surface area contributed by atoms with Crippen molar-refractivity contribution in [2.45, 2.75) is 12.8 Å². The standard InChI is InChI=1S/C9H8BrF2NO2/c1-15-8(14)3-5-2-7(10)13-4-6(5)9(11)12/h2,4,9H,3H2,1H3. The van der Waals surface area contributed by atoms with Crippen molar-refractivity contribution in [3.05, 3.63) is 28.0 Å². The summed E-state index contributed by atoms with van der Waals surface area (Å²) < 4.78 is 29.8. The third-order valence-electron chi connectivity index (χ3n) is 1.79. The maximum atomic E-state index is 12.5. The lowest BCUT2D eigenvalue weighted by atomic mass is 10.1. The molecule has 0 spiro atoms. The van der Waals surface area contributed by atoms with E-state index in [9.17, 15) is 13.6 Å². The van der Waals surface area contributed by atoms with Crippen LogP contribution in [0, 0.1) is 0 Å². The second-order valence-electron chi connectivity index (χ2n) is 2.76. The number of pyridine rings is 1. The van der Waals surface area contributed by atoms with Gasteiger partial charge in [0.15, 0.2) is 0 Å². The summed E-state index contributed by atoms with van der Waals surface area (Å²) in [6.45, 7) is 0. The molecule has 0 atom stereocenters. The number of halogens is 3. The van der Waals surface area contributed by atoms with Gasteiger partial charge in [0, 0.05) is 11.8 Å². The van der Waals surface area contributed by atoms with Gasteiger partial charge in [0.2, 0.25) is 0 Å². The first-order chi connectivity index (χ1) is 7.04. The molecule has 0 radical (unpaired) electrons. The van der Waals surface area contributed by atoms with E-state index in [0.29, 0.717) is 4.60 Å². The van der Waals surface area contributed by atoms with Crippen LogP contribution in [0.4, 0.5) is 8.78 Å². The molecule has 0 saturated carbocycles. The topological polar surface area (TPSA) is 39.2 Å². The Kier molecular flexibility index (Phi) is 4.14. The molecule has 0 aromatic carbocycles. The maximum Gasteiger partial charge on any atom is 0.309 e. The van der Waals surface area contributed by atoms with Crippen LogP contribution in [-0.4, -0.2) is 18.1 Å². The average molecular weight is 280 g/mol. The summed E-state index contributed by atoms with van der Waals surface area (Å²) in [5.41, 5.74) is -0.0256. The van der Waals surface area contributed by atoms with Gasteiger partial charge in [0.25, 0.3) is 6.43 Å². The maximum absolute atomic E-state index is 12.5. The van der Waals surface area contributed by atoms with Crippen molar-refractivity contribution >= 4 is 21.9 Å². The fourth-order valence-corrected chi connectivity index (χ4v) is 1.43. The minimum atomic E-state index is -2.65. The van der Waals surface area contributed by atoms with Crippen LogP contribution in [0.5, 0.6) is 0 Å². The molecule has 0 saturated heterocycles. The van der Waals surface area contributed by atoms with E-state index in [4.69, 9.17) is 0 Å². The molecule has 1 rings (SSSR count). The van der Waals surface area contributed by atoms with E-state index in [2.05, 4.69) is 25.7 Å². The number of ether oxygens (including phenoxy) is 1. The molecule has 1 aromatic heterocycles. The highest BCUT2D eigenvalue weighted by Gasteiger charge is 2.16. The van der Waals surface area contributed by atoms with Gasteiger partial charge in [0.1, 0.15) is 4.60 Å². The lowest BCUT2D eigenvalue weighted by Crippen LogP contribution is -2.07. The Balaban J connectivity index is 3.02. The fourth-order valence-electron chi connectivity index (χ4n) is 1.06. The number of carbonyl (C=O) groups is 1. The summed E-state index contributed by atoms with van der Waals surface area (Å²) in [7, 11) is 1.21. The van der Waals surface area contributed by atoms with Crippen molar-refractivity contribution in [2.24, 2.45) is 0 Å². The zero-order valence-electron chi connectivity index (χ0n) is 7.84. The molecule has 1 aromatic rings. The number of rotatable bonds is 3. The molecule has 0 unspecified atom stereocenters. The van der Waals surface area contributed by atoms with Gasteiger partial charge in [-0.05, 0) is 27.6 Å². The van der Waals surface area contributed by atoms with E-state index in [1.807, 2.05) is 0 Å². The number of carbonyl (C=O) groups excluding carboxylic acids is 1. The van der Waals surface area contributed by atoms with Crippen LogP contribution in [0.2, 0.25) is 0 Å². The predicted octanol–water partition coefficient (Wildman–Crippen LogP) is 2.50. The number of hydrogen-bond donors (Lipinski definition) is 0. The van der Waals surface area contributed by atoms with Crippen LogP contribution in [-0.2, 0) is 16.0 Å². The first kappa shape index (κ1) is 12.0. The van der Waals surface area contributed by atoms with Gasteiger partial charge in [-0.1, -0.05) is 0 Å². The molecular weight excluding hydrogens is 272 g/mol. The summed E-state index contributed by atoms with van der Waals surface area (Å²) in [5, 5.41) is 0. The van der Waals surface area contributed by atoms with Crippen LogP contribution in [0.3, 0.4) is 0 Å². The van der Waals surface area contributed by atoms with Crippen LogP contribution in [0.1, 0.15) is 17.6 Å². The molecule has 15 heavy (non-hydrogen) atoms. The number of hydrogen-bond acceptors (Lipinski definition) is 3. The van der Waals surface area contributed by atoms with Gasteiger partial charge in [-0.2, -0.15) is 0 Å². The molecule has 1 heterocycles. The molecule has 0 amide bonds. The lowest BCUT2D eigenvalue weighted by Gasteiger charge is -2.07. The summed E-state index contributed by atoms with van der Waals surface area (Å²) in [5.74, 6) is -0.560. The Morgan fingerprint density at radius 1 is 1.67 bits per heavy atom. The number of aromatic nitrogens is 1. The van der Waals surface area contributed by atoms with Gasteiger partial charge in [-0.15, -0.1) is 0 Å². The smallest absolute Gasteiger partial charge is 0.309 e. The molecular formula is C9H8BrF2NO2. The molecule has 0 aliphatic carbocycles. The third-order valence-corrected chi connectivity index (χ3v) is 2.22. The van der Waals surface area contributed by atoms with Crippen molar-refractivity contribution in [3.63, 3.8) is 0 Å². The molecule has 82 valence electrons. The van der Waals surface area contributed by atoms with Gasteiger partial charge >= 0.3 is 5.97 Å². The van der Waals surface area contributed by atoms with Crippen molar-refractivity contribution in [3.8, 4) is 0 Å². The molecule has 3 nitrogen and oxygen atoms in total. The highest BCUT2D eigenvalue weighted by molar-refractivity contribution is 9.10. The van der Waals surface area contributed by atoms with Gasteiger partial charge in [0.05, 0.1) is 13.5 Å². The molecule has 6 heteroatoms. The van der Waals surface area contributed by atoms with Gasteiger partial charge in [-0.3, -0.25) is 4.79 Å². The van der Waals surface area contributed by atoms with Crippen molar-refractivity contribution in [2.75, 3.05) is 7.11 Å². The third kappa shape index (κ3) is 3.23. The Labute approximate surface area is 93.6 Å². The Morgan fingerprint density at radius 2 is 2.33 bits per heavy atom. The van der Waals surface area contributed by atoms with E-state index in [1.165, 1.54) is 13.2 Å². The zero-order chi connectivity index (χ0) is 11.4. The normalized spacial score (nSPS) is 10.5. The van der Waals surface area contributed by atoms with Crippen LogP contribution in [0.15, 0.2) is 16.9 Å². The highest BCUT2D eigenvalue weighted by Crippen LogP contribution is 2.24. The van der Waals surface area contributed by atoms with E-state index < -0.39 is 12.4 Å². The summed E-state index contributed by atoms with van der Waals surface area (Å²) in [4.78, 5) is 14.6.